The highest BCUT2D eigenvalue weighted by molar-refractivity contribution is 5.84. The summed E-state index contributed by atoms with van der Waals surface area (Å²) in [7, 11) is 0. The average molecular weight is 295 g/mol. The Morgan fingerprint density at radius 3 is 2.48 bits per heavy atom. The molecule has 1 aliphatic carbocycles. The van der Waals surface area contributed by atoms with Crippen LogP contribution in [0.3, 0.4) is 0 Å². The molecule has 1 amide bonds. The Labute approximate surface area is 127 Å². The molecule has 2 aliphatic rings. The lowest BCUT2D eigenvalue weighted by Gasteiger charge is -2.37. The number of hydrogen-bond acceptors (Lipinski definition) is 2. The number of piperidine rings is 1. The van der Waals surface area contributed by atoms with E-state index >= 15 is 0 Å². The maximum absolute atomic E-state index is 12.4. The van der Waals surface area contributed by atoms with Gasteiger partial charge in [0, 0.05) is 13.0 Å². The molecule has 1 N–H and O–H groups in total. The van der Waals surface area contributed by atoms with Crippen LogP contribution in [0.2, 0.25) is 0 Å². The maximum Gasteiger partial charge on any atom is 0.326 e. The lowest BCUT2D eigenvalue weighted by molar-refractivity contribution is -0.154. The van der Waals surface area contributed by atoms with Crippen LogP contribution in [-0.4, -0.2) is 34.5 Å². The van der Waals surface area contributed by atoms with Gasteiger partial charge in [0.1, 0.15) is 6.04 Å². The fourth-order valence-electron chi connectivity index (χ4n) is 4.01. The number of carboxylic acids is 1. The third kappa shape index (κ3) is 4.45. The normalized spacial score (nSPS) is 27.6. The first kappa shape index (κ1) is 16.3. The lowest BCUT2D eigenvalue weighted by Crippen LogP contribution is -2.51. The Bertz CT molecular complexity index is 363. The van der Waals surface area contributed by atoms with Crippen molar-refractivity contribution in [2.24, 2.45) is 11.8 Å². The zero-order chi connectivity index (χ0) is 15.2. The number of aliphatic carboxylic acids is 1. The van der Waals surface area contributed by atoms with Crippen molar-refractivity contribution in [3.63, 3.8) is 0 Å². The molecule has 0 spiro atoms. The number of carbonyl (C=O) groups excluding carboxylic acids is 1. The van der Waals surface area contributed by atoms with Crippen LogP contribution in [0.5, 0.6) is 0 Å². The van der Waals surface area contributed by atoms with Gasteiger partial charge in [-0.15, -0.1) is 0 Å². The summed E-state index contributed by atoms with van der Waals surface area (Å²) in [5.41, 5.74) is 0. The summed E-state index contributed by atoms with van der Waals surface area (Å²) in [5.74, 6) is 0.0632. The predicted octanol–water partition coefficient (Wildman–Crippen LogP) is 3.45. The molecule has 1 saturated carbocycles. The van der Waals surface area contributed by atoms with Crippen molar-refractivity contribution in [1.29, 1.82) is 0 Å². The molecule has 2 unspecified atom stereocenters. The van der Waals surface area contributed by atoms with Crippen LogP contribution in [0.15, 0.2) is 0 Å². The molecule has 0 aromatic heterocycles. The second-order valence-corrected chi connectivity index (χ2v) is 6.89. The SMILES string of the molecule is CC1CCCN(C(=O)CCCC2CCCCC2)C1C(=O)O. The van der Waals surface area contributed by atoms with Crippen molar-refractivity contribution in [3.8, 4) is 0 Å². The van der Waals surface area contributed by atoms with E-state index in [0.717, 1.165) is 31.6 Å². The van der Waals surface area contributed by atoms with E-state index in [1.807, 2.05) is 6.92 Å². The molecule has 4 nitrogen and oxygen atoms in total. The van der Waals surface area contributed by atoms with E-state index in [1.165, 1.54) is 32.1 Å². The number of amides is 1. The first-order valence-electron chi connectivity index (χ1n) is 8.62. The van der Waals surface area contributed by atoms with Gasteiger partial charge in [0.25, 0.3) is 0 Å². The van der Waals surface area contributed by atoms with Crippen molar-refractivity contribution >= 4 is 11.9 Å². The average Bonchev–Trinajstić information content (AvgIpc) is 2.47. The van der Waals surface area contributed by atoms with E-state index < -0.39 is 12.0 Å². The van der Waals surface area contributed by atoms with E-state index in [-0.39, 0.29) is 11.8 Å². The molecule has 21 heavy (non-hydrogen) atoms. The highest BCUT2D eigenvalue weighted by atomic mass is 16.4. The van der Waals surface area contributed by atoms with Gasteiger partial charge >= 0.3 is 5.97 Å². The number of rotatable bonds is 5. The summed E-state index contributed by atoms with van der Waals surface area (Å²) in [4.78, 5) is 25.4. The van der Waals surface area contributed by atoms with Crippen LogP contribution in [-0.2, 0) is 9.59 Å². The zero-order valence-corrected chi connectivity index (χ0v) is 13.2. The molecule has 0 bridgehead atoms. The number of likely N-dealkylation sites (tertiary alicyclic amines) is 1. The molecule has 120 valence electrons. The molecule has 1 saturated heterocycles. The Morgan fingerprint density at radius 1 is 1.10 bits per heavy atom. The van der Waals surface area contributed by atoms with Gasteiger partial charge < -0.3 is 10.0 Å². The third-order valence-corrected chi connectivity index (χ3v) is 5.23. The van der Waals surface area contributed by atoms with Crippen LogP contribution in [0.4, 0.5) is 0 Å². The monoisotopic (exact) mass is 295 g/mol. The van der Waals surface area contributed by atoms with Gasteiger partial charge in [0.15, 0.2) is 0 Å². The summed E-state index contributed by atoms with van der Waals surface area (Å²) in [6, 6.07) is -0.610. The largest absolute Gasteiger partial charge is 0.480 e. The first-order valence-corrected chi connectivity index (χ1v) is 8.62. The highest BCUT2D eigenvalue weighted by Crippen LogP contribution is 2.29. The van der Waals surface area contributed by atoms with Gasteiger partial charge in [-0.3, -0.25) is 4.79 Å². The Balaban J connectivity index is 1.79. The smallest absolute Gasteiger partial charge is 0.326 e. The van der Waals surface area contributed by atoms with Crippen LogP contribution in [0.1, 0.15) is 71.1 Å². The fourth-order valence-corrected chi connectivity index (χ4v) is 4.01. The van der Waals surface area contributed by atoms with Crippen LogP contribution in [0, 0.1) is 11.8 Å². The van der Waals surface area contributed by atoms with Gasteiger partial charge in [-0.05, 0) is 37.5 Å². The highest BCUT2D eigenvalue weighted by Gasteiger charge is 2.36. The van der Waals surface area contributed by atoms with Crippen molar-refractivity contribution in [2.45, 2.75) is 77.2 Å². The van der Waals surface area contributed by atoms with Gasteiger partial charge in [-0.25, -0.2) is 4.79 Å². The fraction of sp³-hybridized carbons (Fsp3) is 0.882. The Morgan fingerprint density at radius 2 is 1.81 bits per heavy atom. The quantitative estimate of drug-likeness (QED) is 0.845. The van der Waals surface area contributed by atoms with Crippen molar-refractivity contribution < 1.29 is 14.7 Å². The standard InChI is InChI=1S/C17H29NO3/c1-13-7-6-12-18(16(13)17(20)21)15(19)11-5-10-14-8-3-2-4-9-14/h13-14,16H,2-12H2,1H3,(H,20,21). The molecule has 4 heteroatoms. The van der Waals surface area contributed by atoms with Crippen molar-refractivity contribution in [1.82, 2.24) is 4.90 Å². The predicted molar refractivity (Wildman–Crippen MR) is 82.0 cm³/mol. The van der Waals surface area contributed by atoms with E-state index in [0.29, 0.717) is 13.0 Å². The second-order valence-electron chi connectivity index (χ2n) is 6.89. The molecule has 0 radical (unpaired) electrons. The summed E-state index contributed by atoms with van der Waals surface area (Å²) in [5, 5.41) is 9.36. The van der Waals surface area contributed by atoms with Gasteiger partial charge in [0.05, 0.1) is 0 Å². The molecular formula is C17H29NO3. The number of hydrogen-bond donors (Lipinski definition) is 1. The van der Waals surface area contributed by atoms with Crippen LogP contribution >= 0.6 is 0 Å². The number of carbonyl (C=O) groups is 2. The van der Waals surface area contributed by atoms with Crippen molar-refractivity contribution in [3.05, 3.63) is 0 Å². The Hall–Kier alpha value is -1.06. The van der Waals surface area contributed by atoms with Crippen LogP contribution < -0.4 is 0 Å². The van der Waals surface area contributed by atoms with E-state index in [9.17, 15) is 14.7 Å². The van der Waals surface area contributed by atoms with E-state index in [4.69, 9.17) is 0 Å². The lowest BCUT2D eigenvalue weighted by atomic mass is 9.85. The van der Waals surface area contributed by atoms with Crippen molar-refractivity contribution in [2.75, 3.05) is 6.54 Å². The molecule has 1 aliphatic heterocycles. The minimum absolute atomic E-state index is 0.0461. The van der Waals surface area contributed by atoms with Gasteiger partial charge in [0.2, 0.25) is 5.91 Å². The van der Waals surface area contributed by atoms with E-state index in [1.54, 1.807) is 4.90 Å². The van der Waals surface area contributed by atoms with Gasteiger partial charge in [-0.1, -0.05) is 39.0 Å². The molecule has 2 fully saturated rings. The molecule has 1 heterocycles. The molecule has 0 aromatic rings. The summed E-state index contributed by atoms with van der Waals surface area (Å²) in [6.45, 7) is 2.56. The first-order chi connectivity index (χ1) is 10.1. The molecule has 2 rings (SSSR count). The summed E-state index contributed by atoms with van der Waals surface area (Å²) in [6.07, 6.45) is 11.1. The van der Waals surface area contributed by atoms with E-state index in [2.05, 4.69) is 0 Å². The summed E-state index contributed by atoms with van der Waals surface area (Å²) < 4.78 is 0. The molecule has 0 aromatic carbocycles. The third-order valence-electron chi connectivity index (χ3n) is 5.23. The number of carboxylic acid groups (broad SMARTS) is 1. The molecular weight excluding hydrogens is 266 g/mol. The minimum atomic E-state index is -0.845. The topological polar surface area (TPSA) is 57.6 Å². The second kappa shape index (κ2) is 7.81. The van der Waals surface area contributed by atoms with Crippen LogP contribution in [0.25, 0.3) is 0 Å². The van der Waals surface area contributed by atoms with Gasteiger partial charge in [-0.2, -0.15) is 0 Å². The number of nitrogens with zero attached hydrogens (tertiary/aromatic N) is 1. The molecule has 2 atom stereocenters. The minimum Gasteiger partial charge on any atom is -0.480 e. The maximum atomic E-state index is 12.4. The Kier molecular flexibility index (Phi) is 6.07. The summed E-state index contributed by atoms with van der Waals surface area (Å²) >= 11 is 0. The zero-order valence-electron chi connectivity index (χ0n) is 13.2.